The first-order valence-electron chi connectivity index (χ1n) is 8.97. The average Bonchev–Trinajstić information content (AvgIpc) is 2.78. The molecule has 2 aromatic carbocycles. The lowest BCUT2D eigenvalue weighted by molar-refractivity contribution is 0.324. The summed E-state index contributed by atoms with van der Waals surface area (Å²) < 4.78 is 16.2. The second kappa shape index (κ2) is 8.02. The van der Waals surface area contributed by atoms with Gasteiger partial charge < -0.3 is 19.5 Å². The van der Waals surface area contributed by atoms with Crippen molar-refractivity contribution in [1.82, 2.24) is 15.0 Å². The molecular weight excluding hydrogens is 368 g/mol. The van der Waals surface area contributed by atoms with Gasteiger partial charge in [-0.05, 0) is 30.3 Å². The molecule has 2 aromatic heterocycles. The van der Waals surface area contributed by atoms with Crippen LogP contribution in [0.15, 0.2) is 60.9 Å². The van der Waals surface area contributed by atoms with Crippen molar-refractivity contribution in [2.75, 3.05) is 26.6 Å². The Labute approximate surface area is 168 Å². The molecule has 29 heavy (non-hydrogen) atoms. The van der Waals surface area contributed by atoms with Crippen molar-refractivity contribution >= 4 is 22.4 Å². The van der Waals surface area contributed by atoms with Gasteiger partial charge in [0.25, 0.3) is 0 Å². The average molecular weight is 388 g/mol. The second-order valence-corrected chi connectivity index (χ2v) is 6.22. The number of nitrogens with zero attached hydrogens (tertiary/aromatic N) is 3. The molecule has 146 valence electrons. The third-order valence-electron chi connectivity index (χ3n) is 4.45. The van der Waals surface area contributed by atoms with Gasteiger partial charge >= 0.3 is 0 Å². The first-order chi connectivity index (χ1) is 14.2. The van der Waals surface area contributed by atoms with Gasteiger partial charge in [-0.25, -0.2) is 9.97 Å². The summed E-state index contributed by atoms with van der Waals surface area (Å²) in [6, 6.07) is 15.3. The lowest BCUT2D eigenvalue weighted by Gasteiger charge is -2.15. The number of hydrogen-bond donors (Lipinski definition) is 1. The van der Waals surface area contributed by atoms with Gasteiger partial charge in [-0.15, -0.1) is 0 Å². The summed E-state index contributed by atoms with van der Waals surface area (Å²) in [5, 5.41) is 4.31. The van der Waals surface area contributed by atoms with Crippen LogP contribution in [0.5, 0.6) is 17.2 Å². The molecule has 0 radical (unpaired) electrons. The van der Waals surface area contributed by atoms with E-state index in [1.807, 2.05) is 42.5 Å². The fourth-order valence-corrected chi connectivity index (χ4v) is 3.08. The Kier molecular flexibility index (Phi) is 5.11. The number of aromatic nitrogens is 3. The Hall–Kier alpha value is -3.87. The molecule has 0 fully saturated rings. The van der Waals surface area contributed by atoms with E-state index in [1.165, 1.54) is 0 Å². The van der Waals surface area contributed by atoms with E-state index < -0.39 is 0 Å². The molecule has 0 aliphatic heterocycles. The quantitative estimate of drug-likeness (QED) is 0.522. The number of benzene rings is 2. The van der Waals surface area contributed by atoms with Gasteiger partial charge in [-0.1, -0.05) is 6.07 Å². The van der Waals surface area contributed by atoms with E-state index in [9.17, 15) is 0 Å². The number of methoxy groups -OCH3 is 3. The second-order valence-electron chi connectivity index (χ2n) is 6.22. The number of nitrogens with one attached hydrogen (secondary N) is 1. The molecule has 7 nitrogen and oxygen atoms in total. The summed E-state index contributed by atoms with van der Waals surface area (Å²) in [6.45, 7) is 0. The largest absolute Gasteiger partial charge is 0.493 e. The smallest absolute Gasteiger partial charge is 0.203 e. The van der Waals surface area contributed by atoms with Crippen LogP contribution >= 0.6 is 0 Å². The Morgan fingerprint density at radius 2 is 1.59 bits per heavy atom. The molecule has 1 N–H and O–H groups in total. The van der Waals surface area contributed by atoms with Crippen molar-refractivity contribution < 1.29 is 14.2 Å². The van der Waals surface area contributed by atoms with Gasteiger partial charge in [-0.2, -0.15) is 0 Å². The van der Waals surface area contributed by atoms with Crippen LogP contribution in [0.2, 0.25) is 0 Å². The normalized spacial score (nSPS) is 10.6. The first kappa shape index (κ1) is 18.5. The monoisotopic (exact) mass is 388 g/mol. The Morgan fingerprint density at radius 1 is 0.793 bits per heavy atom. The Morgan fingerprint density at radius 3 is 2.31 bits per heavy atom. The Balaban J connectivity index is 1.67. The predicted molar refractivity (Wildman–Crippen MR) is 112 cm³/mol. The summed E-state index contributed by atoms with van der Waals surface area (Å²) in [6.07, 6.45) is 3.50. The van der Waals surface area contributed by atoms with Crippen LogP contribution in [0.3, 0.4) is 0 Å². The highest BCUT2D eigenvalue weighted by Gasteiger charge is 2.14. The van der Waals surface area contributed by atoms with Crippen molar-refractivity contribution in [2.45, 2.75) is 0 Å². The lowest BCUT2D eigenvalue weighted by atomic mass is 10.1. The molecule has 0 aliphatic carbocycles. The fourth-order valence-electron chi connectivity index (χ4n) is 3.08. The van der Waals surface area contributed by atoms with E-state index in [0.29, 0.717) is 28.9 Å². The third kappa shape index (κ3) is 3.75. The molecule has 4 rings (SSSR count). The molecule has 0 saturated heterocycles. The van der Waals surface area contributed by atoms with E-state index in [1.54, 1.807) is 39.8 Å². The third-order valence-corrected chi connectivity index (χ3v) is 4.45. The molecule has 0 saturated carbocycles. The molecule has 0 spiro atoms. The SMILES string of the molecule is COc1cc(Nc2ccnc(-c3ccc4ncccc4c3)n2)cc(OC)c1OC. The van der Waals surface area contributed by atoms with Crippen LogP contribution < -0.4 is 19.5 Å². The summed E-state index contributed by atoms with van der Waals surface area (Å²) in [7, 11) is 4.74. The summed E-state index contributed by atoms with van der Waals surface area (Å²) >= 11 is 0. The number of fused-ring (bicyclic) bond motifs is 1. The number of ether oxygens (including phenoxy) is 3. The fraction of sp³-hybridized carbons (Fsp3) is 0.136. The number of pyridine rings is 1. The molecule has 0 aliphatic rings. The molecule has 0 atom stereocenters. The van der Waals surface area contributed by atoms with Gasteiger partial charge in [-0.3, -0.25) is 4.98 Å². The van der Waals surface area contributed by atoms with Crippen molar-refractivity contribution in [1.29, 1.82) is 0 Å². The molecule has 2 heterocycles. The van der Waals surface area contributed by atoms with Crippen LogP contribution in [0.25, 0.3) is 22.3 Å². The summed E-state index contributed by atoms with van der Waals surface area (Å²) in [4.78, 5) is 13.4. The van der Waals surface area contributed by atoms with Crippen molar-refractivity contribution in [3.63, 3.8) is 0 Å². The minimum Gasteiger partial charge on any atom is -0.493 e. The van der Waals surface area contributed by atoms with E-state index >= 15 is 0 Å². The minimum atomic E-state index is 0.536. The van der Waals surface area contributed by atoms with Crippen LogP contribution in [-0.2, 0) is 0 Å². The minimum absolute atomic E-state index is 0.536. The van der Waals surface area contributed by atoms with Gasteiger partial charge in [0.15, 0.2) is 17.3 Å². The molecule has 4 aromatic rings. The summed E-state index contributed by atoms with van der Waals surface area (Å²) in [5.41, 5.74) is 2.61. The van der Waals surface area contributed by atoms with Crippen LogP contribution in [0.4, 0.5) is 11.5 Å². The molecule has 0 unspecified atom stereocenters. The van der Waals surface area contributed by atoms with Crippen molar-refractivity contribution in [3.8, 4) is 28.6 Å². The zero-order valence-corrected chi connectivity index (χ0v) is 16.3. The predicted octanol–water partition coefficient (Wildman–Crippen LogP) is 4.46. The summed E-state index contributed by atoms with van der Waals surface area (Å²) in [5.74, 6) is 2.92. The van der Waals surface area contributed by atoms with Gasteiger partial charge in [0, 0.05) is 41.2 Å². The maximum absolute atomic E-state index is 5.41. The molecule has 7 heteroatoms. The van der Waals surface area contributed by atoms with Crippen LogP contribution in [0, 0.1) is 0 Å². The van der Waals surface area contributed by atoms with Crippen LogP contribution in [0.1, 0.15) is 0 Å². The lowest BCUT2D eigenvalue weighted by Crippen LogP contribution is -2.00. The molecule has 0 bridgehead atoms. The number of rotatable bonds is 6. The van der Waals surface area contributed by atoms with Gasteiger partial charge in [0.2, 0.25) is 5.75 Å². The zero-order valence-electron chi connectivity index (χ0n) is 16.3. The molecule has 0 amide bonds. The molecular formula is C22H20N4O3. The Bertz CT molecular complexity index is 1140. The maximum Gasteiger partial charge on any atom is 0.203 e. The topological polar surface area (TPSA) is 78.4 Å². The highest BCUT2D eigenvalue weighted by Crippen LogP contribution is 2.40. The first-order valence-corrected chi connectivity index (χ1v) is 8.97. The van der Waals surface area contributed by atoms with E-state index in [4.69, 9.17) is 14.2 Å². The zero-order chi connectivity index (χ0) is 20.2. The maximum atomic E-state index is 5.41. The van der Waals surface area contributed by atoms with Crippen molar-refractivity contribution in [3.05, 3.63) is 60.9 Å². The van der Waals surface area contributed by atoms with Gasteiger partial charge in [0.1, 0.15) is 5.82 Å². The highest BCUT2D eigenvalue weighted by molar-refractivity contribution is 5.83. The van der Waals surface area contributed by atoms with E-state index in [0.717, 1.165) is 22.2 Å². The standard InChI is InChI=1S/C22H20N4O3/c1-27-18-12-16(13-19(28-2)21(18)29-3)25-20-8-10-24-22(26-20)15-6-7-17-14(11-15)5-4-9-23-17/h4-13H,1-3H3,(H,24,25,26). The van der Waals surface area contributed by atoms with Crippen LogP contribution in [-0.4, -0.2) is 36.3 Å². The van der Waals surface area contributed by atoms with E-state index in [2.05, 4.69) is 20.3 Å². The number of anilines is 2. The number of hydrogen-bond acceptors (Lipinski definition) is 7. The van der Waals surface area contributed by atoms with Crippen molar-refractivity contribution in [2.24, 2.45) is 0 Å². The highest BCUT2D eigenvalue weighted by atomic mass is 16.5. The van der Waals surface area contributed by atoms with E-state index in [-0.39, 0.29) is 0 Å². The van der Waals surface area contributed by atoms with Gasteiger partial charge in [0.05, 0.1) is 26.8 Å².